The number of ether oxygens (including phenoxy) is 1. The van der Waals surface area contributed by atoms with Gasteiger partial charge < -0.3 is 10.1 Å². The molecule has 0 aliphatic carbocycles. The molecule has 2 rings (SSSR count). The molecule has 2 aromatic carbocycles. The summed E-state index contributed by atoms with van der Waals surface area (Å²) >= 11 is 5.93. The lowest BCUT2D eigenvalue weighted by Crippen LogP contribution is -2.44. The lowest BCUT2D eigenvalue weighted by Gasteiger charge is -2.20. The molecular formula is C20H22ClN3O6S. The van der Waals surface area contributed by atoms with Gasteiger partial charge in [-0.15, -0.1) is 0 Å². The van der Waals surface area contributed by atoms with Crippen LogP contribution < -0.4 is 14.9 Å². The second-order valence-corrected chi connectivity index (χ2v) is 9.14. The largest absolute Gasteiger partial charge is 0.452 e. The summed E-state index contributed by atoms with van der Waals surface area (Å²) in [5.41, 5.74) is 0.275. The fourth-order valence-electron chi connectivity index (χ4n) is 2.43. The van der Waals surface area contributed by atoms with Gasteiger partial charge in [-0.2, -0.15) is 0 Å². The smallest absolute Gasteiger partial charge is 0.338 e. The first-order chi connectivity index (χ1) is 14.5. The van der Waals surface area contributed by atoms with Crippen LogP contribution in [0.1, 0.15) is 24.2 Å². The van der Waals surface area contributed by atoms with E-state index in [9.17, 15) is 22.8 Å². The maximum absolute atomic E-state index is 12.9. The predicted octanol–water partition coefficient (Wildman–Crippen LogP) is 2.56. The Morgan fingerprint density at radius 1 is 1.10 bits per heavy atom. The van der Waals surface area contributed by atoms with E-state index in [-0.39, 0.29) is 16.5 Å². The number of nitrogens with zero attached hydrogens (tertiary/aromatic N) is 1. The summed E-state index contributed by atoms with van der Waals surface area (Å²) in [5.74, 6) is -1.74. The topological polar surface area (TPSA) is 122 Å². The van der Waals surface area contributed by atoms with Crippen LogP contribution in [-0.2, 0) is 19.6 Å². The second kappa shape index (κ2) is 10.3. The molecule has 3 amide bonds. The summed E-state index contributed by atoms with van der Waals surface area (Å²) in [6, 6.07) is 10.6. The van der Waals surface area contributed by atoms with E-state index in [1.165, 1.54) is 31.3 Å². The Bertz CT molecular complexity index is 1090. The molecule has 0 fully saturated rings. The summed E-state index contributed by atoms with van der Waals surface area (Å²) in [6.07, 6.45) is 0. The number of carbonyl (C=O) groups excluding carboxylic acids is 3. The van der Waals surface area contributed by atoms with Gasteiger partial charge >= 0.3 is 12.0 Å². The number of esters is 1. The van der Waals surface area contributed by atoms with Crippen LogP contribution in [0.3, 0.4) is 0 Å². The van der Waals surface area contributed by atoms with E-state index in [0.717, 1.165) is 10.4 Å². The van der Waals surface area contributed by atoms with Gasteiger partial charge in [0.25, 0.3) is 15.9 Å². The lowest BCUT2D eigenvalue weighted by molar-refractivity contribution is -0.123. The third kappa shape index (κ3) is 6.69. The van der Waals surface area contributed by atoms with Gasteiger partial charge in [-0.1, -0.05) is 23.7 Å². The standard InChI is InChI=1S/C20H22ClN3O6S/c1-13(2)22-20(27)23-18(25)12-30-19(26)14-6-4-9-17(10-14)31(28,29)24(3)16-8-5-7-15(21)11-16/h4-11,13H,12H2,1-3H3,(H2,22,23,25,27). The van der Waals surface area contributed by atoms with E-state index in [1.807, 2.05) is 5.32 Å². The average molecular weight is 468 g/mol. The normalized spacial score (nSPS) is 11.0. The van der Waals surface area contributed by atoms with Crippen LogP contribution in [-0.4, -0.2) is 46.0 Å². The van der Waals surface area contributed by atoms with Crippen molar-refractivity contribution in [1.82, 2.24) is 10.6 Å². The molecule has 2 N–H and O–H groups in total. The number of carbonyl (C=O) groups is 3. The van der Waals surface area contributed by atoms with Gasteiger partial charge in [0, 0.05) is 18.1 Å². The molecule has 0 unspecified atom stereocenters. The first kappa shape index (κ1) is 24.2. The minimum absolute atomic E-state index is 0.0694. The van der Waals surface area contributed by atoms with Crippen molar-refractivity contribution in [2.24, 2.45) is 0 Å². The minimum atomic E-state index is -3.99. The van der Waals surface area contributed by atoms with Crippen molar-refractivity contribution in [3.05, 3.63) is 59.1 Å². The summed E-state index contributed by atoms with van der Waals surface area (Å²) in [5, 5.41) is 4.84. The number of urea groups is 1. The fourth-order valence-corrected chi connectivity index (χ4v) is 3.85. The maximum Gasteiger partial charge on any atom is 0.338 e. The molecule has 0 spiro atoms. The van der Waals surface area contributed by atoms with Crippen LogP contribution in [0.4, 0.5) is 10.5 Å². The molecule has 31 heavy (non-hydrogen) atoms. The Balaban J connectivity index is 2.09. The Morgan fingerprint density at radius 3 is 2.42 bits per heavy atom. The molecule has 0 saturated heterocycles. The number of sulfonamides is 1. The Hall–Kier alpha value is -3.11. The molecule has 0 aliphatic heterocycles. The molecule has 166 valence electrons. The first-order valence-electron chi connectivity index (χ1n) is 9.12. The predicted molar refractivity (Wildman–Crippen MR) is 116 cm³/mol. The minimum Gasteiger partial charge on any atom is -0.452 e. The van der Waals surface area contributed by atoms with Gasteiger partial charge in [0.1, 0.15) is 0 Å². The first-order valence-corrected chi connectivity index (χ1v) is 10.9. The van der Waals surface area contributed by atoms with Gasteiger partial charge in [-0.25, -0.2) is 18.0 Å². The highest BCUT2D eigenvalue weighted by Gasteiger charge is 2.23. The number of rotatable bonds is 7. The van der Waals surface area contributed by atoms with Crippen LogP contribution in [0.25, 0.3) is 0 Å². The Morgan fingerprint density at radius 2 is 1.77 bits per heavy atom. The van der Waals surface area contributed by atoms with Crippen LogP contribution in [0, 0.1) is 0 Å². The second-order valence-electron chi connectivity index (χ2n) is 6.73. The molecule has 0 atom stereocenters. The highest BCUT2D eigenvalue weighted by molar-refractivity contribution is 7.92. The molecular weight excluding hydrogens is 446 g/mol. The number of hydrogen-bond acceptors (Lipinski definition) is 6. The highest BCUT2D eigenvalue weighted by Crippen LogP contribution is 2.25. The van der Waals surface area contributed by atoms with Crippen molar-refractivity contribution in [3.8, 4) is 0 Å². The zero-order chi connectivity index (χ0) is 23.2. The molecule has 0 radical (unpaired) electrons. The SMILES string of the molecule is CC(C)NC(=O)NC(=O)COC(=O)c1cccc(S(=O)(=O)N(C)c2cccc(Cl)c2)c1. The van der Waals surface area contributed by atoms with E-state index < -0.39 is 34.5 Å². The molecule has 2 aromatic rings. The summed E-state index contributed by atoms with van der Waals surface area (Å²) in [6.45, 7) is 2.73. The van der Waals surface area contributed by atoms with Gasteiger partial charge in [-0.05, 0) is 50.2 Å². The number of halogens is 1. The molecule has 11 heteroatoms. The van der Waals surface area contributed by atoms with Gasteiger partial charge in [0.05, 0.1) is 16.1 Å². The van der Waals surface area contributed by atoms with Gasteiger partial charge in [0.15, 0.2) is 6.61 Å². The monoisotopic (exact) mass is 467 g/mol. The zero-order valence-electron chi connectivity index (χ0n) is 17.1. The molecule has 0 heterocycles. The van der Waals surface area contributed by atoms with E-state index in [0.29, 0.717) is 10.7 Å². The fraction of sp³-hybridized carbons (Fsp3) is 0.250. The van der Waals surface area contributed by atoms with Crippen molar-refractivity contribution in [1.29, 1.82) is 0 Å². The van der Waals surface area contributed by atoms with Crippen LogP contribution >= 0.6 is 11.6 Å². The van der Waals surface area contributed by atoms with Gasteiger partial charge in [0.2, 0.25) is 0 Å². The molecule has 0 aromatic heterocycles. The van der Waals surface area contributed by atoms with Crippen molar-refractivity contribution in [3.63, 3.8) is 0 Å². The third-order valence-electron chi connectivity index (χ3n) is 3.91. The Kier molecular flexibility index (Phi) is 8.01. The van der Waals surface area contributed by atoms with Crippen molar-refractivity contribution < 1.29 is 27.5 Å². The number of benzene rings is 2. The number of nitrogens with one attached hydrogen (secondary N) is 2. The van der Waals surface area contributed by atoms with Crippen molar-refractivity contribution >= 4 is 45.2 Å². The maximum atomic E-state index is 12.9. The molecule has 9 nitrogen and oxygen atoms in total. The summed E-state index contributed by atoms with van der Waals surface area (Å²) in [7, 11) is -2.63. The quantitative estimate of drug-likeness (QED) is 0.603. The van der Waals surface area contributed by atoms with Crippen LogP contribution in [0.15, 0.2) is 53.4 Å². The molecule has 0 bridgehead atoms. The average Bonchev–Trinajstić information content (AvgIpc) is 2.70. The number of imide groups is 1. The summed E-state index contributed by atoms with van der Waals surface area (Å²) < 4.78 is 31.7. The third-order valence-corrected chi connectivity index (χ3v) is 5.92. The molecule has 0 aliphatic rings. The zero-order valence-corrected chi connectivity index (χ0v) is 18.7. The van der Waals surface area contributed by atoms with Gasteiger partial charge in [-0.3, -0.25) is 14.4 Å². The molecule has 0 saturated carbocycles. The van der Waals surface area contributed by atoms with E-state index in [1.54, 1.807) is 32.0 Å². The Labute approximate surface area is 185 Å². The summed E-state index contributed by atoms with van der Waals surface area (Å²) in [4.78, 5) is 35.3. The van der Waals surface area contributed by atoms with E-state index in [2.05, 4.69) is 5.32 Å². The van der Waals surface area contributed by atoms with Crippen molar-refractivity contribution in [2.45, 2.75) is 24.8 Å². The van der Waals surface area contributed by atoms with Crippen LogP contribution in [0.5, 0.6) is 0 Å². The van der Waals surface area contributed by atoms with Crippen LogP contribution in [0.2, 0.25) is 5.02 Å². The number of amides is 3. The number of anilines is 1. The van der Waals surface area contributed by atoms with E-state index >= 15 is 0 Å². The highest BCUT2D eigenvalue weighted by atomic mass is 35.5. The number of hydrogen-bond donors (Lipinski definition) is 2. The van der Waals surface area contributed by atoms with E-state index in [4.69, 9.17) is 16.3 Å². The lowest BCUT2D eigenvalue weighted by atomic mass is 10.2. The van der Waals surface area contributed by atoms with Crippen molar-refractivity contribution in [2.75, 3.05) is 18.0 Å².